The first-order valence-corrected chi connectivity index (χ1v) is 14.6. The van der Waals surface area contributed by atoms with Crippen molar-refractivity contribution in [3.8, 4) is 16.9 Å². The summed E-state index contributed by atoms with van der Waals surface area (Å²) in [7, 11) is 1.06. The summed E-state index contributed by atoms with van der Waals surface area (Å²) >= 11 is 0. The SMILES string of the molecule is COC(=O)COc1ccc(CN2C(=O)C(C(=O)Nc3ccc(C(F)(F)F)cc3-c3ccc(C(F)(F)F)nc3)=C(O)C3(C)CCCN23)c(F)c1F. The lowest BCUT2D eigenvalue weighted by molar-refractivity contribution is -0.160. The number of ether oxygens (including phenoxy) is 2. The third-order valence-electron chi connectivity index (χ3n) is 8.30. The number of benzene rings is 2. The summed E-state index contributed by atoms with van der Waals surface area (Å²) in [5, 5.41) is 15.8. The first-order valence-electron chi connectivity index (χ1n) is 14.6. The number of fused-ring (bicyclic) bond motifs is 1. The molecule has 1 saturated heterocycles. The molecule has 0 spiro atoms. The van der Waals surface area contributed by atoms with Crippen LogP contribution >= 0.6 is 0 Å². The molecule has 266 valence electrons. The smallest absolute Gasteiger partial charge is 0.433 e. The zero-order valence-corrected chi connectivity index (χ0v) is 26.0. The van der Waals surface area contributed by atoms with Crippen LogP contribution in [0.2, 0.25) is 0 Å². The zero-order valence-electron chi connectivity index (χ0n) is 26.0. The van der Waals surface area contributed by atoms with Crippen LogP contribution in [0.1, 0.15) is 36.6 Å². The number of anilines is 1. The van der Waals surface area contributed by atoms with Gasteiger partial charge in [0.15, 0.2) is 18.2 Å². The molecule has 3 heterocycles. The second-order valence-corrected chi connectivity index (χ2v) is 11.4. The number of aromatic nitrogens is 1. The summed E-state index contributed by atoms with van der Waals surface area (Å²) in [6.45, 7) is 0.262. The number of esters is 1. The Hall–Kier alpha value is -5.26. The summed E-state index contributed by atoms with van der Waals surface area (Å²) in [6.07, 6.45) is -8.49. The van der Waals surface area contributed by atoms with Crippen molar-refractivity contribution in [2.45, 2.75) is 44.2 Å². The van der Waals surface area contributed by atoms with Crippen LogP contribution in [0.5, 0.6) is 5.75 Å². The summed E-state index contributed by atoms with van der Waals surface area (Å²) < 4.78 is 120. The first-order chi connectivity index (χ1) is 23.4. The van der Waals surface area contributed by atoms with Crippen molar-refractivity contribution < 1.29 is 64.1 Å². The number of nitrogens with zero attached hydrogens (tertiary/aromatic N) is 3. The van der Waals surface area contributed by atoms with Gasteiger partial charge in [-0.15, -0.1) is 0 Å². The summed E-state index contributed by atoms with van der Waals surface area (Å²) in [6, 6.07) is 5.46. The topological polar surface area (TPSA) is 121 Å². The van der Waals surface area contributed by atoms with E-state index in [1.165, 1.54) is 11.9 Å². The van der Waals surface area contributed by atoms with Crippen LogP contribution in [0.4, 0.5) is 40.8 Å². The third kappa shape index (κ3) is 6.79. The Morgan fingerprint density at radius 3 is 2.36 bits per heavy atom. The normalized spacial score (nSPS) is 18.3. The number of halogens is 8. The van der Waals surface area contributed by atoms with Crippen LogP contribution in [0.3, 0.4) is 0 Å². The number of carbonyl (C=O) groups excluding carboxylic acids is 3. The van der Waals surface area contributed by atoms with Gasteiger partial charge in [-0.25, -0.2) is 14.2 Å². The molecule has 3 aromatic rings. The van der Waals surface area contributed by atoms with Gasteiger partial charge in [-0.05, 0) is 50.1 Å². The highest BCUT2D eigenvalue weighted by Gasteiger charge is 2.53. The van der Waals surface area contributed by atoms with E-state index in [-0.39, 0.29) is 29.8 Å². The molecule has 1 unspecified atom stereocenters. The number of hydrogen-bond acceptors (Lipinski definition) is 8. The number of alkyl halides is 6. The van der Waals surface area contributed by atoms with Crippen LogP contribution in [0.25, 0.3) is 11.1 Å². The molecule has 2 aliphatic rings. The van der Waals surface area contributed by atoms with Crippen LogP contribution in [0.15, 0.2) is 60.0 Å². The second kappa shape index (κ2) is 13.2. The molecule has 1 aromatic heterocycles. The maximum atomic E-state index is 15.2. The van der Waals surface area contributed by atoms with Gasteiger partial charge in [0, 0.05) is 35.1 Å². The van der Waals surface area contributed by atoms with Crippen LogP contribution in [0, 0.1) is 11.6 Å². The lowest BCUT2D eigenvalue weighted by Crippen LogP contribution is -2.60. The highest BCUT2D eigenvalue weighted by molar-refractivity contribution is 6.24. The molecular weight excluding hydrogens is 688 g/mol. The molecule has 50 heavy (non-hydrogen) atoms. The third-order valence-corrected chi connectivity index (χ3v) is 8.30. The Morgan fingerprint density at radius 2 is 1.74 bits per heavy atom. The molecule has 1 fully saturated rings. The number of nitrogens with one attached hydrogen (secondary N) is 1. The maximum absolute atomic E-state index is 15.2. The number of amides is 2. The number of pyridine rings is 1. The average molecular weight is 715 g/mol. The van der Waals surface area contributed by atoms with E-state index in [1.807, 2.05) is 0 Å². The molecule has 0 bridgehead atoms. The second-order valence-electron chi connectivity index (χ2n) is 11.4. The van der Waals surface area contributed by atoms with Gasteiger partial charge in [0.05, 0.1) is 24.8 Å². The number of hydrogen-bond donors (Lipinski definition) is 2. The van der Waals surface area contributed by atoms with Crippen molar-refractivity contribution in [1.29, 1.82) is 0 Å². The van der Waals surface area contributed by atoms with Gasteiger partial charge in [-0.3, -0.25) is 19.6 Å². The summed E-state index contributed by atoms with van der Waals surface area (Å²) in [5.41, 5.74) is -6.21. The number of methoxy groups -OCH3 is 1. The average Bonchev–Trinajstić information content (AvgIpc) is 3.46. The molecule has 2 amide bonds. The number of aliphatic hydroxyl groups excluding tert-OH is 1. The van der Waals surface area contributed by atoms with Crippen molar-refractivity contribution in [2.24, 2.45) is 0 Å². The van der Waals surface area contributed by atoms with E-state index in [0.29, 0.717) is 30.8 Å². The standard InChI is InChI=1S/C32H26F8N4O6/c1-30-10-3-11-44(30)43(14-17-4-8-21(26(34)25(17)33)50-15-23(45)49-2)29(48)24(27(30)46)28(47)42-20-7-6-18(31(35,36)37)12-19(20)16-5-9-22(41-13-16)32(38,39)40/h4-9,12-13,46H,3,10-11,14-15H2,1-2H3,(H,42,47). The molecular formula is C32H26F8N4O6. The lowest BCUT2D eigenvalue weighted by Gasteiger charge is -2.46. The van der Waals surface area contributed by atoms with Crippen molar-refractivity contribution in [1.82, 2.24) is 15.0 Å². The number of hydrazine groups is 1. The quantitative estimate of drug-likeness (QED) is 0.161. The number of aliphatic hydroxyl groups is 1. The highest BCUT2D eigenvalue weighted by atomic mass is 19.4. The zero-order chi connectivity index (χ0) is 36.8. The Labute approximate surface area is 277 Å². The summed E-state index contributed by atoms with van der Waals surface area (Å²) in [5.74, 6) is -7.58. The molecule has 1 atom stereocenters. The minimum absolute atomic E-state index is 0.148. The molecule has 0 aliphatic carbocycles. The fraction of sp³-hybridized carbons (Fsp3) is 0.312. The van der Waals surface area contributed by atoms with Gasteiger partial charge in [0.2, 0.25) is 5.82 Å². The van der Waals surface area contributed by atoms with E-state index >= 15 is 4.39 Å². The fourth-order valence-electron chi connectivity index (χ4n) is 5.68. The minimum atomic E-state index is -4.89. The van der Waals surface area contributed by atoms with Gasteiger partial charge in [-0.2, -0.15) is 30.7 Å². The van der Waals surface area contributed by atoms with E-state index in [9.17, 15) is 50.2 Å². The van der Waals surface area contributed by atoms with Crippen LogP contribution in [-0.4, -0.2) is 63.7 Å². The van der Waals surface area contributed by atoms with Crippen LogP contribution in [-0.2, 0) is 38.0 Å². The van der Waals surface area contributed by atoms with Crippen molar-refractivity contribution in [3.63, 3.8) is 0 Å². The monoisotopic (exact) mass is 714 g/mol. The van der Waals surface area contributed by atoms with Crippen molar-refractivity contribution in [2.75, 3.05) is 25.6 Å². The predicted octanol–water partition coefficient (Wildman–Crippen LogP) is 6.18. The van der Waals surface area contributed by atoms with E-state index < -0.39 is 94.4 Å². The van der Waals surface area contributed by atoms with Gasteiger partial charge >= 0.3 is 18.3 Å². The first kappa shape index (κ1) is 36.0. The summed E-state index contributed by atoms with van der Waals surface area (Å²) in [4.78, 5) is 42.2. The van der Waals surface area contributed by atoms with Gasteiger partial charge in [-0.1, -0.05) is 12.1 Å². The van der Waals surface area contributed by atoms with Crippen LogP contribution < -0.4 is 10.1 Å². The molecule has 2 aromatic carbocycles. The molecule has 18 heteroatoms. The lowest BCUT2D eigenvalue weighted by atomic mass is 9.90. The predicted molar refractivity (Wildman–Crippen MR) is 157 cm³/mol. The Morgan fingerprint density at radius 1 is 1.02 bits per heavy atom. The maximum Gasteiger partial charge on any atom is 0.433 e. The van der Waals surface area contributed by atoms with E-state index in [4.69, 9.17) is 4.74 Å². The molecule has 10 nitrogen and oxygen atoms in total. The van der Waals surface area contributed by atoms with Gasteiger partial charge in [0.25, 0.3) is 11.8 Å². The van der Waals surface area contributed by atoms with Crippen molar-refractivity contribution in [3.05, 3.63) is 88.4 Å². The molecule has 0 saturated carbocycles. The number of carbonyl (C=O) groups is 3. The van der Waals surface area contributed by atoms with E-state index in [1.54, 1.807) is 0 Å². The highest BCUT2D eigenvalue weighted by Crippen LogP contribution is 2.43. The fourth-order valence-corrected chi connectivity index (χ4v) is 5.68. The van der Waals surface area contributed by atoms with Crippen molar-refractivity contribution >= 4 is 23.5 Å². The molecule has 2 N–H and O–H groups in total. The largest absolute Gasteiger partial charge is 0.509 e. The van der Waals surface area contributed by atoms with Gasteiger partial charge < -0.3 is 19.9 Å². The molecule has 5 rings (SSSR count). The Balaban J connectivity index is 1.49. The Kier molecular flexibility index (Phi) is 9.53. The minimum Gasteiger partial charge on any atom is -0.509 e. The van der Waals surface area contributed by atoms with Gasteiger partial charge in [0.1, 0.15) is 17.0 Å². The Bertz CT molecular complexity index is 1880. The van der Waals surface area contributed by atoms with E-state index in [2.05, 4.69) is 15.0 Å². The molecule has 0 radical (unpaired) electrons. The van der Waals surface area contributed by atoms with E-state index in [0.717, 1.165) is 36.4 Å². The molecule has 2 aliphatic heterocycles. The number of rotatable bonds is 8.